The fraction of sp³-hybridized carbons (Fsp3) is 0.304. The monoisotopic (exact) mass is 835 g/mol. The second-order valence-corrected chi connectivity index (χ2v) is 14.2. The number of unbranched alkanes of at least 4 members (excludes halogenated alkanes) is 2. The summed E-state index contributed by atoms with van der Waals surface area (Å²) in [5, 5.41) is 20.8. The number of carboxylic acid groups (broad SMARTS) is 2. The van der Waals surface area contributed by atoms with Gasteiger partial charge in [0.05, 0.1) is 28.2 Å². The van der Waals surface area contributed by atoms with Gasteiger partial charge >= 0.3 is 30.0 Å². The maximum Gasteiger partial charge on any atom is 0.408 e. The molecule has 3 amide bonds. The average Bonchev–Trinajstić information content (AvgIpc) is 3.70. The van der Waals surface area contributed by atoms with Crippen LogP contribution in [0.2, 0.25) is 0 Å². The lowest BCUT2D eigenvalue weighted by Crippen LogP contribution is -2.41. The minimum atomic E-state index is -1.17. The summed E-state index contributed by atoms with van der Waals surface area (Å²) in [6.07, 6.45) is 3.49. The summed E-state index contributed by atoms with van der Waals surface area (Å²) in [5.41, 5.74) is 8.77. The second-order valence-electron chi connectivity index (χ2n) is 14.2. The molecule has 2 aliphatic rings. The van der Waals surface area contributed by atoms with Crippen LogP contribution in [0.25, 0.3) is 0 Å². The van der Waals surface area contributed by atoms with Crippen LogP contribution in [0.1, 0.15) is 104 Å². The lowest BCUT2D eigenvalue weighted by Gasteiger charge is -2.16. The highest BCUT2D eigenvalue weighted by atomic mass is 16.6. The van der Waals surface area contributed by atoms with Crippen LogP contribution >= 0.6 is 0 Å². The molecule has 6 rings (SSSR count). The van der Waals surface area contributed by atoms with E-state index in [0.717, 1.165) is 24.0 Å². The molecule has 0 saturated carbocycles. The van der Waals surface area contributed by atoms with Crippen LogP contribution in [0.15, 0.2) is 109 Å². The van der Waals surface area contributed by atoms with Gasteiger partial charge in [-0.1, -0.05) is 91.3 Å². The molecule has 61 heavy (non-hydrogen) atoms. The molecule has 0 aliphatic carbocycles. The molecule has 15 heteroatoms. The van der Waals surface area contributed by atoms with E-state index in [1.165, 1.54) is 4.90 Å². The summed E-state index contributed by atoms with van der Waals surface area (Å²) < 4.78 is 9.40. The number of alkyl carbamates (subject to hydrolysis) is 1. The number of fused-ring (bicyclic) bond motifs is 2. The molecule has 0 spiro atoms. The molecule has 2 aliphatic heterocycles. The number of carbonyl (C=O) groups is 8. The van der Waals surface area contributed by atoms with Crippen molar-refractivity contribution in [1.29, 1.82) is 0 Å². The van der Waals surface area contributed by atoms with Gasteiger partial charge in [0.1, 0.15) is 18.4 Å². The highest BCUT2D eigenvalue weighted by Gasteiger charge is 2.34. The van der Waals surface area contributed by atoms with E-state index in [9.17, 15) is 43.5 Å². The third-order valence-electron chi connectivity index (χ3n) is 9.72. The van der Waals surface area contributed by atoms with Crippen molar-refractivity contribution in [1.82, 2.24) is 10.2 Å². The number of hydrogen-bond acceptors (Lipinski definition) is 11. The van der Waals surface area contributed by atoms with E-state index in [1.54, 1.807) is 60.7 Å². The van der Waals surface area contributed by atoms with Crippen molar-refractivity contribution in [3.05, 3.63) is 143 Å². The van der Waals surface area contributed by atoms with Crippen LogP contribution in [-0.4, -0.2) is 81.8 Å². The quantitative estimate of drug-likeness (QED) is 0.0355. The van der Waals surface area contributed by atoms with E-state index in [0.29, 0.717) is 60.9 Å². The van der Waals surface area contributed by atoms with E-state index >= 15 is 0 Å². The SMILES string of the molecule is NCCCCC(CC(=O)CCc1ccccc1)C(=O)O.O=C(NC(CCCCN1C(=O)c2ccccc2C1=O)C(=O)O)OCc1ccccc1.O=C1OC(=O)c2ccccc21. The Bertz CT molecular complexity index is 2090. The van der Waals surface area contributed by atoms with Crippen LogP contribution in [0.5, 0.6) is 0 Å². The first-order valence-electron chi connectivity index (χ1n) is 19.9. The number of aryl methyl sites for hydroxylation is 1. The third kappa shape index (κ3) is 14.7. The zero-order valence-corrected chi connectivity index (χ0v) is 33.5. The molecule has 0 fully saturated rings. The third-order valence-corrected chi connectivity index (χ3v) is 9.72. The summed E-state index contributed by atoms with van der Waals surface area (Å²) in [5.74, 6) is -4.38. The first kappa shape index (κ1) is 46.7. The molecule has 4 aromatic rings. The number of nitrogens with zero attached hydrogens (tertiary/aromatic N) is 1. The van der Waals surface area contributed by atoms with E-state index in [1.807, 2.05) is 48.5 Å². The first-order chi connectivity index (χ1) is 29.4. The van der Waals surface area contributed by atoms with E-state index < -0.39 is 41.9 Å². The number of ether oxygens (including phenoxy) is 2. The minimum Gasteiger partial charge on any atom is -0.481 e. The number of hydrogen-bond donors (Lipinski definition) is 4. The van der Waals surface area contributed by atoms with Crippen LogP contribution < -0.4 is 11.1 Å². The number of cyclic esters (lactones) is 2. The molecule has 5 N–H and O–H groups in total. The van der Waals surface area contributed by atoms with Crippen molar-refractivity contribution < 1.29 is 58.0 Å². The van der Waals surface area contributed by atoms with Gasteiger partial charge in [-0.15, -0.1) is 0 Å². The second kappa shape index (κ2) is 24.2. The van der Waals surface area contributed by atoms with Crippen LogP contribution in [0.4, 0.5) is 4.79 Å². The van der Waals surface area contributed by atoms with Gasteiger partial charge in [0.15, 0.2) is 0 Å². The Morgan fingerprint density at radius 3 is 1.67 bits per heavy atom. The Balaban J connectivity index is 0.000000225. The number of amides is 3. The number of esters is 2. The fourth-order valence-corrected chi connectivity index (χ4v) is 6.41. The number of nitrogens with two attached hydrogens (primary N) is 1. The molecule has 0 saturated heterocycles. The zero-order valence-electron chi connectivity index (χ0n) is 33.5. The molecular weight excluding hydrogens is 787 g/mol. The zero-order chi connectivity index (χ0) is 44.1. The normalized spacial score (nSPS) is 13.3. The number of imide groups is 1. The van der Waals surface area contributed by atoms with E-state index in [-0.39, 0.29) is 43.6 Å². The van der Waals surface area contributed by atoms with Crippen LogP contribution in [0, 0.1) is 5.92 Å². The molecule has 2 atom stereocenters. The van der Waals surface area contributed by atoms with Gasteiger partial charge in [-0.25, -0.2) is 19.2 Å². The van der Waals surface area contributed by atoms with Crippen molar-refractivity contribution in [2.75, 3.05) is 13.1 Å². The van der Waals surface area contributed by atoms with Crippen molar-refractivity contribution in [2.24, 2.45) is 11.7 Å². The average molecular weight is 836 g/mol. The van der Waals surface area contributed by atoms with E-state index in [4.69, 9.17) is 15.6 Å². The molecule has 320 valence electrons. The fourth-order valence-electron chi connectivity index (χ4n) is 6.41. The molecule has 2 unspecified atom stereocenters. The lowest BCUT2D eigenvalue weighted by atomic mass is 9.94. The number of rotatable bonds is 19. The number of carbonyl (C=O) groups excluding carboxylic acids is 6. The summed E-state index contributed by atoms with van der Waals surface area (Å²) >= 11 is 0. The molecule has 15 nitrogen and oxygen atoms in total. The van der Waals surface area contributed by atoms with Crippen LogP contribution in [0.3, 0.4) is 0 Å². The summed E-state index contributed by atoms with van der Waals surface area (Å²) in [7, 11) is 0. The smallest absolute Gasteiger partial charge is 0.408 e. The maximum absolute atomic E-state index is 12.3. The largest absolute Gasteiger partial charge is 0.481 e. The Kier molecular flexibility index (Phi) is 18.5. The van der Waals surface area contributed by atoms with Gasteiger partial charge in [-0.05, 0) is 80.5 Å². The Morgan fingerprint density at radius 2 is 1.15 bits per heavy atom. The van der Waals surface area contributed by atoms with Crippen molar-refractivity contribution in [3.63, 3.8) is 0 Å². The van der Waals surface area contributed by atoms with Crippen molar-refractivity contribution >= 4 is 47.6 Å². The van der Waals surface area contributed by atoms with Gasteiger partial charge in [0.2, 0.25) is 0 Å². The van der Waals surface area contributed by atoms with Gasteiger partial charge < -0.3 is 30.7 Å². The van der Waals surface area contributed by atoms with Gasteiger partial charge in [-0.3, -0.25) is 24.1 Å². The molecule has 0 radical (unpaired) electrons. The Labute approximate surface area is 352 Å². The number of nitrogens with one attached hydrogen (secondary N) is 1. The molecule has 2 heterocycles. The van der Waals surface area contributed by atoms with Gasteiger partial charge in [0, 0.05) is 19.4 Å². The van der Waals surface area contributed by atoms with Crippen LogP contribution in [-0.2, 0) is 36.9 Å². The lowest BCUT2D eigenvalue weighted by molar-refractivity contribution is -0.144. The Morgan fingerprint density at radius 1 is 0.639 bits per heavy atom. The van der Waals surface area contributed by atoms with Crippen molar-refractivity contribution in [3.8, 4) is 0 Å². The van der Waals surface area contributed by atoms with E-state index in [2.05, 4.69) is 10.1 Å². The molecule has 0 aromatic heterocycles. The van der Waals surface area contributed by atoms with Gasteiger partial charge in [0.25, 0.3) is 11.8 Å². The maximum atomic E-state index is 12.3. The van der Waals surface area contributed by atoms with Gasteiger partial charge in [-0.2, -0.15) is 0 Å². The summed E-state index contributed by atoms with van der Waals surface area (Å²) in [6, 6.07) is 30.8. The molecule has 0 bridgehead atoms. The molecule has 4 aromatic carbocycles. The standard InChI is InChI=1S/C22H22N2O6.C16H23NO3.C8H4O3/c25-19-16-10-4-5-11-17(16)20(26)24(19)13-7-6-12-18(21(27)28)23-22(29)30-14-15-8-2-1-3-9-15;17-11-5-4-8-14(16(19)20)12-15(18)10-9-13-6-2-1-3-7-13;9-7-5-3-1-2-4-6(5)8(10)11-7/h1-5,8-11,18H,6-7,12-14H2,(H,23,29)(H,27,28);1-3,6-7,14H,4-5,8-12,17H2,(H,19,20);1-4H. The first-order valence-corrected chi connectivity index (χ1v) is 19.9. The highest BCUT2D eigenvalue weighted by Crippen LogP contribution is 2.23. The summed E-state index contributed by atoms with van der Waals surface area (Å²) in [4.78, 5) is 93.8. The number of carboxylic acids is 2. The molecular formula is C46H49N3O12. The predicted molar refractivity (Wildman–Crippen MR) is 221 cm³/mol. The minimum absolute atomic E-state index is 0.0222. The number of Topliss-reactive ketones (excluding diaryl/α,β-unsaturated/α-hetero) is 1. The topological polar surface area (TPSA) is 237 Å². The number of aliphatic carboxylic acids is 2. The number of benzene rings is 4. The van der Waals surface area contributed by atoms with Crippen molar-refractivity contribution in [2.45, 2.75) is 70.4 Å². The predicted octanol–water partition coefficient (Wildman–Crippen LogP) is 6.24. The highest BCUT2D eigenvalue weighted by molar-refractivity contribution is 6.21. The summed E-state index contributed by atoms with van der Waals surface area (Å²) in [6.45, 7) is 0.796. The number of ketones is 1. The Hall–Kier alpha value is -7.00.